The van der Waals surface area contributed by atoms with Gasteiger partial charge in [0.2, 0.25) is 5.91 Å². The number of hydrogen-bond donors (Lipinski definition) is 2. The Hall–Kier alpha value is -2.63. The molecule has 6 nitrogen and oxygen atoms in total. The highest BCUT2D eigenvalue weighted by Crippen LogP contribution is 2.47. The van der Waals surface area contributed by atoms with Gasteiger partial charge in [-0.15, -0.1) is 0 Å². The Kier molecular flexibility index (Phi) is 4.61. The lowest BCUT2D eigenvalue weighted by atomic mass is 9.82. The fourth-order valence-electron chi connectivity index (χ4n) is 3.79. The number of hydrazine groups is 1. The van der Waals surface area contributed by atoms with Crippen LogP contribution in [-0.2, 0) is 9.59 Å². The number of aliphatic carboxylic acids is 1. The van der Waals surface area contributed by atoms with E-state index in [4.69, 9.17) is 0 Å². The summed E-state index contributed by atoms with van der Waals surface area (Å²) >= 11 is 0. The van der Waals surface area contributed by atoms with Crippen LogP contribution in [0, 0.1) is 23.7 Å². The number of fused-ring (bicyclic) bond motifs is 2. The first-order valence-corrected chi connectivity index (χ1v) is 8.48. The van der Waals surface area contributed by atoms with E-state index in [-0.39, 0.29) is 11.8 Å². The molecule has 0 unspecified atom stereocenters. The van der Waals surface area contributed by atoms with Gasteiger partial charge >= 0.3 is 0 Å². The molecule has 2 bridgehead atoms. The molecule has 1 fully saturated rings. The molecule has 0 aliphatic heterocycles. The molecule has 2 aliphatic rings. The molecule has 2 amide bonds. The maximum absolute atomic E-state index is 12.4. The van der Waals surface area contributed by atoms with Crippen molar-refractivity contribution in [2.45, 2.75) is 26.2 Å². The van der Waals surface area contributed by atoms with Crippen molar-refractivity contribution in [3.63, 3.8) is 0 Å². The van der Waals surface area contributed by atoms with E-state index < -0.39 is 29.6 Å². The van der Waals surface area contributed by atoms with Crippen LogP contribution < -0.4 is 16.0 Å². The highest BCUT2D eigenvalue weighted by Gasteiger charge is 2.48. The lowest BCUT2D eigenvalue weighted by Crippen LogP contribution is -2.50. The molecule has 1 saturated carbocycles. The lowest BCUT2D eigenvalue weighted by Gasteiger charge is -2.27. The number of carboxylic acid groups (broad SMARTS) is 1. The van der Waals surface area contributed by atoms with E-state index >= 15 is 0 Å². The smallest absolute Gasteiger partial charge is 0.269 e. The third-order valence-electron chi connectivity index (χ3n) is 5.17. The fourth-order valence-corrected chi connectivity index (χ4v) is 3.79. The fraction of sp³-hybridized carbons (Fsp3) is 0.421. The zero-order valence-electron chi connectivity index (χ0n) is 14.2. The van der Waals surface area contributed by atoms with Crippen LogP contribution in [0.1, 0.15) is 42.1 Å². The van der Waals surface area contributed by atoms with Crippen LogP contribution in [-0.4, -0.2) is 17.8 Å². The van der Waals surface area contributed by atoms with Crippen molar-refractivity contribution in [1.82, 2.24) is 10.9 Å². The number of benzene rings is 1. The topological polar surface area (TPSA) is 98.3 Å². The minimum Gasteiger partial charge on any atom is -0.550 e. The van der Waals surface area contributed by atoms with Gasteiger partial charge < -0.3 is 9.90 Å². The molecule has 1 aromatic rings. The van der Waals surface area contributed by atoms with Gasteiger partial charge in [-0.1, -0.05) is 38.1 Å². The van der Waals surface area contributed by atoms with Crippen molar-refractivity contribution in [3.05, 3.63) is 47.5 Å². The number of carbonyl (C=O) groups excluding carboxylic acids is 3. The first-order valence-electron chi connectivity index (χ1n) is 8.48. The largest absolute Gasteiger partial charge is 0.550 e. The number of allylic oxidation sites excluding steroid dienone is 2. The van der Waals surface area contributed by atoms with Crippen molar-refractivity contribution in [2.24, 2.45) is 23.7 Å². The van der Waals surface area contributed by atoms with Gasteiger partial charge in [0, 0.05) is 17.5 Å². The zero-order chi connectivity index (χ0) is 18.1. The van der Waals surface area contributed by atoms with E-state index in [0.717, 1.165) is 5.56 Å². The molecule has 132 valence electrons. The normalized spacial score (nSPS) is 26.7. The summed E-state index contributed by atoms with van der Waals surface area (Å²) in [6.45, 7) is 4.12. The third kappa shape index (κ3) is 3.29. The third-order valence-corrected chi connectivity index (χ3v) is 5.17. The monoisotopic (exact) mass is 341 g/mol. The SMILES string of the molecule is CC(C)c1ccc(C(=O)NNC(=O)[C@@H]2[C@@H](C(=O)[O-])[C@H]3C=C[C@@H]2C3)cc1. The van der Waals surface area contributed by atoms with Crippen LogP contribution in [0.5, 0.6) is 0 Å². The summed E-state index contributed by atoms with van der Waals surface area (Å²) < 4.78 is 0. The van der Waals surface area contributed by atoms with E-state index in [1.54, 1.807) is 12.1 Å². The lowest BCUT2D eigenvalue weighted by molar-refractivity contribution is -0.313. The van der Waals surface area contributed by atoms with Gasteiger partial charge in [0.1, 0.15) is 0 Å². The molecule has 1 aromatic carbocycles. The van der Waals surface area contributed by atoms with Crippen LogP contribution in [0.15, 0.2) is 36.4 Å². The Morgan fingerprint density at radius 3 is 2.16 bits per heavy atom. The molecule has 0 saturated heterocycles. The van der Waals surface area contributed by atoms with Crippen molar-refractivity contribution < 1.29 is 19.5 Å². The first kappa shape index (κ1) is 17.2. The Morgan fingerprint density at radius 1 is 1.00 bits per heavy atom. The average Bonchev–Trinajstić information content (AvgIpc) is 3.20. The second kappa shape index (κ2) is 6.70. The molecule has 0 radical (unpaired) electrons. The van der Waals surface area contributed by atoms with E-state index in [0.29, 0.717) is 17.9 Å². The summed E-state index contributed by atoms with van der Waals surface area (Å²) in [6.07, 6.45) is 4.35. The van der Waals surface area contributed by atoms with Crippen molar-refractivity contribution in [2.75, 3.05) is 0 Å². The molecule has 2 N–H and O–H groups in total. The van der Waals surface area contributed by atoms with Crippen molar-refractivity contribution in [3.8, 4) is 0 Å². The summed E-state index contributed by atoms with van der Waals surface area (Å²) in [7, 11) is 0. The van der Waals surface area contributed by atoms with Crippen LogP contribution in [0.2, 0.25) is 0 Å². The summed E-state index contributed by atoms with van der Waals surface area (Å²) in [5.41, 5.74) is 6.28. The van der Waals surface area contributed by atoms with E-state index in [1.807, 2.05) is 24.3 Å². The zero-order valence-corrected chi connectivity index (χ0v) is 14.2. The Labute approximate surface area is 146 Å². The first-order chi connectivity index (χ1) is 11.9. The standard InChI is InChI=1S/C19H22N2O4/c1-10(2)11-3-5-12(6-4-11)17(22)20-21-18(23)15-13-7-8-14(9-13)16(15)19(24)25/h3-8,10,13-16H,9H2,1-2H3,(H,20,22)(H,21,23)(H,24,25)/p-1/t13-,14+,15+,16+/m1/s1. The van der Waals surface area contributed by atoms with Crippen LogP contribution in [0.25, 0.3) is 0 Å². The van der Waals surface area contributed by atoms with E-state index in [1.165, 1.54) is 0 Å². The summed E-state index contributed by atoms with van der Waals surface area (Å²) in [5.74, 6) is -3.59. The number of carbonyl (C=O) groups is 3. The van der Waals surface area contributed by atoms with Gasteiger partial charge in [0.05, 0.1) is 5.92 Å². The predicted octanol–water partition coefficient (Wildman–Crippen LogP) is 0.759. The Balaban J connectivity index is 1.61. The van der Waals surface area contributed by atoms with Gasteiger partial charge in [-0.2, -0.15) is 0 Å². The number of rotatable bonds is 4. The molecule has 2 aliphatic carbocycles. The number of nitrogens with one attached hydrogen (secondary N) is 2. The van der Waals surface area contributed by atoms with Crippen molar-refractivity contribution >= 4 is 17.8 Å². The van der Waals surface area contributed by atoms with Gasteiger partial charge in [0.25, 0.3) is 5.91 Å². The van der Waals surface area contributed by atoms with E-state index in [2.05, 4.69) is 24.7 Å². The Morgan fingerprint density at radius 2 is 1.60 bits per heavy atom. The minimum absolute atomic E-state index is 0.116. The molecule has 0 heterocycles. The second-order valence-corrected chi connectivity index (χ2v) is 7.04. The molecule has 25 heavy (non-hydrogen) atoms. The quantitative estimate of drug-likeness (QED) is 0.624. The maximum atomic E-state index is 12.4. The summed E-state index contributed by atoms with van der Waals surface area (Å²) in [6, 6.07) is 7.13. The summed E-state index contributed by atoms with van der Waals surface area (Å²) in [5, 5.41) is 11.3. The van der Waals surface area contributed by atoms with E-state index in [9.17, 15) is 19.5 Å². The van der Waals surface area contributed by atoms with Gasteiger partial charge in [-0.05, 0) is 41.9 Å². The molecule has 3 rings (SSSR count). The van der Waals surface area contributed by atoms with Gasteiger partial charge in [-0.3, -0.25) is 20.4 Å². The average molecular weight is 341 g/mol. The number of amides is 2. The molecule has 4 atom stereocenters. The minimum atomic E-state index is -1.22. The van der Waals surface area contributed by atoms with Gasteiger partial charge in [0.15, 0.2) is 0 Å². The maximum Gasteiger partial charge on any atom is 0.269 e. The predicted molar refractivity (Wildman–Crippen MR) is 88.9 cm³/mol. The van der Waals surface area contributed by atoms with Crippen LogP contribution >= 0.6 is 0 Å². The molecule has 6 heteroatoms. The second-order valence-electron chi connectivity index (χ2n) is 7.04. The number of hydrogen-bond acceptors (Lipinski definition) is 4. The van der Waals surface area contributed by atoms with Crippen LogP contribution in [0.3, 0.4) is 0 Å². The molecule has 0 aromatic heterocycles. The molecule has 0 spiro atoms. The summed E-state index contributed by atoms with van der Waals surface area (Å²) in [4.78, 5) is 35.9. The molecular weight excluding hydrogens is 320 g/mol. The number of carboxylic acids is 1. The highest BCUT2D eigenvalue weighted by molar-refractivity contribution is 5.96. The van der Waals surface area contributed by atoms with Gasteiger partial charge in [-0.25, -0.2) is 0 Å². The van der Waals surface area contributed by atoms with Crippen LogP contribution in [0.4, 0.5) is 0 Å². The highest BCUT2D eigenvalue weighted by atomic mass is 16.4. The molecular formula is C19H21N2O4-. The van der Waals surface area contributed by atoms with Crippen molar-refractivity contribution in [1.29, 1.82) is 0 Å². The Bertz CT molecular complexity index is 723.